The number of hydrogen-bond acceptors (Lipinski definition) is 5. The first kappa shape index (κ1) is 18.7. The van der Waals surface area contributed by atoms with Crippen LogP contribution in [0.5, 0.6) is 23.0 Å². The normalized spacial score (nSPS) is 10.8. The van der Waals surface area contributed by atoms with Crippen LogP contribution >= 0.6 is 11.6 Å². The van der Waals surface area contributed by atoms with Crippen LogP contribution < -0.4 is 14.2 Å². The zero-order valence-electron chi connectivity index (χ0n) is 14.4. The molecular formula is C19H19ClO5. The maximum atomic E-state index is 12.6. The Bertz CT molecular complexity index is 807. The summed E-state index contributed by atoms with van der Waals surface area (Å²) in [7, 11) is 4.24. The number of aromatic hydroxyl groups is 1. The second-order valence-corrected chi connectivity index (χ2v) is 5.74. The number of benzene rings is 2. The monoisotopic (exact) mass is 362 g/mol. The van der Waals surface area contributed by atoms with Gasteiger partial charge in [-0.1, -0.05) is 23.7 Å². The van der Waals surface area contributed by atoms with E-state index in [1.807, 2.05) is 19.1 Å². The predicted molar refractivity (Wildman–Crippen MR) is 97.3 cm³/mol. The van der Waals surface area contributed by atoms with Gasteiger partial charge in [0.1, 0.15) is 11.3 Å². The summed E-state index contributed by atoms with van der Waals surface area (Å²) in [6, 6.07) is 6.77. The summed E-state index contributed by atoms with van der Waals surface area (Å²) in [5.74, 6) is -0.0865. The molecule has 0 spiro atoms. The topological polar surface area (TPSA) is 65.0 Å². The smallest absolute Gasteiger partial charge is 0.204 e. The van der Waals surface area contributed by atoms with Gasteiger partial charge < -0.3 is 19.3 Å². The van der Waals surface area contributed by atoms with Crippen LogP contribution in [-0.2, 0) is 0 Å². The highest BCUT2D eigenvalue weighted by molar-refractivity contribution is 6.30. The largest absolute Gasteiger partial charge is 0.507 e. The van der Waals surface area contributed by atoms with E-state index in [0.717, 1.165) is 11.1 Å². The molecule has 0 aliphatic carbocycles. The van der Waals surface area contributed by atoms with Crippen molar-refractivity contribution in [2.24, 2.45) is 0 Å². The lowest BCUT2D eigenvalue weighted by Gasteiger charge is -2.15. The van der Waals surface area contributed by atoms with Crippen molar-refractivity contribution < 1.29 is 24.1 Å². The molecule has 0 fully saturated rings. The van der Waals surface area contributed by atoms with Crippen molar-refractivity contribution in [3.63, 3.8) is 0 Å². The Hall–Kier alpha value is -2.66. The lowest BCUT2D eigenvalue weighted by atomic mass is 10.0. The van der Waals surface area contributed by atoms with Crippen molar-refractivity contribution in [3.8, 4) is 23.0 Å². The third-order valence-electron chi connectivity index (χ3n) is 3.55. The molecule has 0 unspecified atom stereocenters. The number of carbonyl (C=O) groups is 1. The van der Waals surface area contributed by atoms with Crippen LogP contribution in [0.2, 0.25) is 5.02 Å². The van der Waals surface area contributed by atoms with E-state index < -0.39 is 5.78 Å². The maximum absolute atomic E-state index is 12.6. The number of phenolic OH excluding ortho intramolecular Hbond substituents is 1. The Morgan fingerprint density at radius 3 is 2.28 bits per heavy atom. The fourth-order valence-electron chi connectivity index (χ4n) is 2.50. The van der Waals surface area contributed by atoms with Gasteiger partial charge in [-0.25, -0.2) is 0 Å². The molecule has 2 aromatic rings. The van der Waals surface area contributed by atoms with Crippen LogP contribution in [0.1, 0.15) is 21.5 Å². The number of ether oxygens (including phenoxy) is 3. The Balaban J connectivity index is 2.46. The number of rotatable bonds is 6. The molecule has 132 valence electrons. The fraction of sp³-hybridized carbons (Fsp3) is 0.211. The van der Waals surface area contributed by atoms with E-state index in [1.54, 1.807) is 12.1 Å². The third kappa shape index (κ3) is 4.06. The lowest BCUT2D eigenvalue weighted by molar-refractivity contribution is 0.104. The van der Waals surface area contributed by atoms with Crippen molar-refractivity contribution in [2.75, 3.05) is 21.3 Å². The van der Waals surface area contributed by atoms with Gasteiger partial charge in [-0.2, -0.15) is 0 Å². The zero-order valence-corrected chi connectivity index (χ0v) is 15.2. The van der Waals surface area contributed by atoms with Crippen molar-refractivity contribution in [1.82, 2.24) is 0 Å². The highest BCUT2D eigenvalue weighted by Gasteiger charge is 2.24. The van der Waals surface area contributed by atoms with Crippen LogP contribution in [0.25, 0.3) is 6.08 Å². The summed E-state index contributed by atoms with van der Waals surface area (Å²) >= 11 is 6.02. The van der Waals surface area contributed by atoms with Gasteiger partial charge in [0.15, 0.2) is 17.3 Å². The van der Waals surface area contributed by atoms with E-state index in [-0.39, 0.29) is 28.6 Å². The molecule has 2 rings (SSSR count). The predicted octanol–water partition coefficient (Wildman–Crippen LogP) is 4.28. The van der Waals surface area contributed by atoms with Gasteiger partial charge >= 0.3 is 0 Å². The molecule has 0 radical (unpaired) electrons. The standard InChI is InChI=1S/C19H19ClO5/c1-11-7-12(9-13(20)8-11)5-6-14(21)17-15(22)10-16(23-2)18(24-3)19(17)25-4/h5-10,22H,1-4H3/b6-5+. The molecule has 2 aromatic carbocycles. The Morgan fingerprint density at radius 2 is 1.72 bits per heavy atom. The SMILES string of the molecule is COc1cc(O)c(C(=O)/C=C/c2cc(C)cc(Cl)c2)c(OC)c1OC. The Labute approximate surface area is 151 Å². The number of carbonyl (C=O) groups excluding carboxylic acids is 1. The van der Waals surface area contributed by atoms with Gasteiger partial charge in [0.2, 0.25) is 5.75 Å². The van der Waals surface area contributed by atoms with E-state index in [1.165, 1.54) is 33.5 Å². The highest BCUT2D eigenvalue weighted by atomic mass is 35.5. The van der Waals surface area contributed by atoms with Crippen molar-refractivity contribution >= 4 is 23.5 Å². The van der Waals surface area contributed by atoms with Gasteiger partial charge in [-0.05, 0) is 36.3 Å². The molecule has 6 heteroatoms. The number of allylic oxidation sites excluding steroid dienone is 1. The second kappa shape index (κ2) is 7.94. The second-order valence-electron chi connectivity index (χ2n) is 5.30. The fourth-order valence-corrected chi connectivity index (χ4v) is 2.80. The molecule has 0 bridgehead atoms. The summed E-state index contributed by atoms with van der Waals surface area (Å²) < 4.78 is 15.6. The quantitative estimate of drug-likeness (QED) is 0.614. The summed E-state index contributed by atoms with van der Waals surface area (Å²) in [6.07, 6.45) is 2.96. The third-order valence-corrected chi connectivity index (χ3v) is 3.77. The van der Waals surface area contributed by atoms with Gasteiger partial charge in [-0.15, -0.1) is 0 Å². The molecule has 0 aliphatic rings. The minimum Gasteiger partial charge on any atom is -0.507 e. The van der Waals surface area contributed by atoms with Gasteiger partial charge in [0.05, 0.1) is 21.3 Å². The van der Waals surface area contributed by atoms with Crippen molar-refractivity contribution in [3.05, 3.63) is 52.1 Å². The summed E-state index contributed by atoms with van der Waals surface area (Å²) in [5.41, 5.74) is 1.75. The van der Waals surface area contributed by atoms with Gasteiger partial charge in [0, 0.05) is 11.1 Å². The van der Waals surface area contributed by atoms with Crippen LogP contribution in [0, 0.1) is 6.92 Å². The molecule has 1 N–H and O–H groups in total. The lowest BCUT2D eigenvalue weighted by Crippen LogP contribution is -2.03. The molecule has 5 nitrogen and oxygen atoms in total. The van der Waals surface area contributed by atoms with Crippen molar-refractivity contribution in [1.29, 1.82) is 0 Å². The van der Waals surface area contributed by atoms with E-state index in [4.69, 9.17) is 25.8 Å². The molecule has 0 atom stereocenters. The maximum Gasteiger partial charge on any atom is 0.204 e. The number of hydrogen-bond donors (Lipinski definition) is 1. The Morgan fingerprint density at radius 1 is 1.04 bits per heavy atom. The first-order valence-corrected chi connectivity index (χ1v) is 7.80. The van der Waals surface area contributed by atoms with Gasteiger partial charge in [-0.3, -0.25) is 4.79 Å². The average Bonchev–Trinajstić information content (AvgIpc) is 2.57. The first-order chi connectivity index (χ1) is 11.9. The number of aryl methyl sites for hydroxylation is 1. The van der Waals surface area contributed by atoms with E-state index in [9.17, 15) is 9.90 Å². The van der Waals surface area contributed by atoms with Crippen LogP contribution in [0.4, 0.5) is 0 Å². The minimum absolute atomic E-state index is 0.00449. The van der Waals surface area contributed by atoms with E-state index >= 15 is 0 Å². The molecule has 0 saturated carbocycles. The first-order valence-electron chi connectivity index (χ1n) is 7.42. The van der Waals surface area contributed by atoms with E-state index in [2.05, 4.69) is 0 Å². The van der Waals surface area contributed by atoms with Crippen molar-refractivity contribution in [2.45, 2.75) is 6.92 Å². The number of ketones is 1. The average molecular weight is 363 g/mol. The summed E-state index contributed by atoms with van der Waals surface area (Å²) in [4.78, 5) is 12.6. The highest BCUT2D eigenvalue weighted by Crippen LogP contribution is 2.44. The molecule has 0 heterocycles. The molecule has 0 saturated heterocycles. The molecule has 25 heavy (non-hydrogen) atoms. The van der Waals surface area contributed by atoms with Crippen LogP contribution in [0.3, 0.4) is 0 Å². The molecule has 0 aliphatic heterocycles. The van der Waals surface area contributed by atoms with Crippen LogP contribution in [-0.4, -0.2) is 32.2 Å². The number of phenols is 1. The molecular weight excluding hydrogens is 344 g/mol. The molecule has 0 aromatic heterocycles. The minimum atomic E-state index is -0.437. The molecule has 0 amide bonds. The van der Waals surface area contributed by atoms with Gasteiger partial charge in [0.25, 0.3) is 0 Å². The van der Waals surface area contributed by atoms with E-state index in [0.29, 0.717) is 5.02 Å². The van der Waals surface area contributed by atoms with Crippen LogP contribution in [0.15, 0.2) is 30.3 Å². The Kier molecular flexibility index (Phi) is 5.93. The zero-order chi connectivity index (χ0) is 18.6. The summed E-state index contributed by atoms with van der Waals surface area (Å²) in [5, 5.41) is 10.8. The number of methoxy groups -OCH3 is 3. The number of halogens is 1. The summed E-state index contributed by atoms with van der Waals surface area (Å²) in [6.45, 7) is 1.91.